The van der Waals surface area contributed by atoms with Crippen molar-refractivity contribution in [3.05, 3.63) is 53.8 Å². The van der Waals surface area contributed by atoms with Gasteiger partial charge in [0.05, 0.1) is 0 Å². The molecule has 0 radical (unpaired) electrons. The Kier molecular flexibility index (Phi) is 1.91. The first kappa shape index (κ1) is 9.92. The van der Waals surface area contributed by atoms with Gasteiger partial charge >= 0.3 is 0 Å². The van der Waals surface area contributed by atoms with E-state index in [1.807, 2.05) is 36.4 Å². The molecule has 0 amide bonds. The van der Waals surface area contributed by atoms with E-state index in [2.05, 4.69) is 4.98 Å². The van der Waals surface area contributed by atoms with E-state index >= 15 is 0 Å². The summed E-state index contributed by atoms with van der Waals surface area (Å²) in [7, 11) is 0. The molecule has 0 bridgehead atoms. The Hall–Kier alpha value is -2.06. The number of pyridine rings is 1. The normalized spacial score (nSPS) is 11.6. The van der Waals surface area contributed by atoms with E-state index in [4.69, 9.17) is 16.0 Å². The molecule has 86 valence electrons. The summed E-state index contributed by atoms with van der Waals surface area (Å²) in [6, 6.07) is 11.8. The summed E-state index contributed by atoms with van der Waals surface area (Å²) >= 11 is 6.32. The third-order valence-corrected chi connectivity index (χ3v) is 3.54. The van der Waals surface area contributed by atoms with Crippen molar-refractivity contribution in [2.75, 3.05) is 0 Å². The second-order valence-electron chi connectivity index (χ2n) is 4.25. The highest BCUT2D eigenvalue weighted by molar-refractivity contribution is 6.38. The van der Waals surface area contributed by atoms with Crippen LogP contribution in [0.15, 0.2) is 53.2 Å². The van der Waals surface area contributed by atoms with Gasteiger partial charge in [-0.1, -0.05) is 29.8 Å². The molecule has 4 aromatic rings. The van der Waals surface area contributed by atoms with Crippen LogP contribution in [0.5, 0.6) is 0 Å². The molecule has 18 heavy (non-hydrogen) atoms. The van der Waals surface area contributed by atoms with Gasteiger partial charge in [0.15, 0.2) is 0 Å². The molecule has 2 heterocycles. The number of rotatable bonds is 0. The third-order valence-electron chi connectivity index (χ3n) is 3.23. The Balaban J connectivity index is 2.36. The van der Waals surface area contributed by atoms with Crippen molar-refractivity contribution in [2.24, 2.45) is 0 Å². The van der Waals surface area contributed by atoms with Crippen molar-refractivity contribution >= 4 is 44.3 Å². The Labute approximate surface area is 108 Å². The summed E-state index contributed by atoms with van der Waals surface area (Å²) in [5.41, 5.74) is 1.73. The Morgan fingerprint density at radius 3 is 2.78 bits per heavy atom. The van der Waals surface area contributed by atoms with Gasteiger partial charge in [0.25, 0.3) is 0 Å². The number of furan rings is 1. The zero-order chi connectivity index (χ0) is 12.1. The van der Waals surface area contributed by atoms with E-state index in [1.165, 1.54) is 0 Å². The van der Waals surface area contributed by atoms with E-state index in [1.54, 1.807) is 12.4 Å². The van der Waals surface area contributed by atoms with Gasteiger partial charge in [0, 0.05) is 39.0 Å². The molecule has 3 heteroatoms. The highest BCUT2D eigenvalue weighted by Crippen LogP contribution is 2.36. The predicted octanol–water partition coefficient (Wildman–Crippen LogP) is 4.79. The largest absolute Gasteiger partial charge is 0.455 e. The SMILES string of the molecule is Clc1cc2c3ccccc3oc2c2cnccc12. The lowest BCUT2D eigenvalue weighted by molar-refractivity contribution is 0.672. The molecule has 0 fully saturated rings. The van der Waals surface area contributed by atoms with E-state index in [0.717, 1.165) is 37.7 Å². The Morgan fingerprint density at radius 2 is 1.83 bits per heavy atom. The molecular formula is C15H8ClNO. The second kappa shape index (κ2) is 3.47. The molecule has 2 aromatic carbocycles. The molecule has 0 aliphatic rings. The van der Waals surface area contributed by atoms with Crippen LogP contribution in [0.2, 0.25) is 5.02 Å². The first-order chi connectivity index (χ1) is 8.84. The van der Waals surface area contributed by atoms with Crippen LogP contribution < -0.4 is 0 Å². The quantitative estimate of drug-likeness (QED) is 0.450. The summed E-state index contributed by atoms with van der Waals surface area (Å²) in [5, 5.41) is 4.78. The lowest BCUT2D eigenvalue weighted by Crippen LogP contribution is -1.78. The monoisotopic (exact) mass is 253 g/mol. The molecule has 0 saturated carbocycles. The van der Waals surface area contributed by atoms with Gasteiger partial charge in [0.1, 0.15) is 11.2 Å². The third kappa shape index (κ3) is 1.21. The molecule has 0 N–H and O–H groups in total. The minimum atomic E-state index is 0.728. The molecule has 0 aliphatic carbocycles. The minimum absolute atomic E-state index is 0.728. The van der Waals surface area contributed by atoms with Crippen LogP contribution in [0.1, 0.15) is 0 Å². The van der Waals surface area contributed by atoms with Crippen molar-refractivity contribution in [3.8, 4) is 0 Å². The number of hydrogen-bond donors (Lipinski definition) is 0. The number of aromatic nitrogens is 1. The van der Waals surface area contributed by atoms with E-state index in [0.29, 0.717) is 0 Å². The first-order valence-electron chi connectivity index (χ1n) is 5.68. The average molecular weight is 254 g/mol. The van der Waals surface area contributed by atoms with Gasteiger partial charge < -0.3 is 4.42 Å². The maximum absolute atomic E-state index is 6.32. The van der Waals surface area contributed by atoms with Gasteiger partial charge in [-0.3, -0.25) is 4.98 Å². The summed E-state index contributed by atoms with van der Waals surface area (Å²) in [6.07, 6.45) is 3.54. The number of hydrogen-bond acceptors (Lipinski definition) is 2. The van der Waals surface area contributed by atoms with Crippen LogP contribution in [-0.4, -0.2) is 4.98 Å². The maximum atomic E-state index is 6.32. The lowest BCUT2D eigenvalue weighted by atomic mass is 10.1. The highest BCUT2D eigenvalue weighted by atomic mass is 35.5. The number of para-hydroxylation sites is 1. The second-order valence-corrected chi connectivity index (χ2v) is 4.66. The first-order valence-corrected chi connectivity index (χ1v) is 6.06. The van der Waals surface area contributed by atoms with Crippen LogP contribution in [0.4, 0.5) is 0 Å². The topological polar surface area (TPSA) is 26.0 Å². The average Bonchev–Trinajstić information content (AvgIpc) is 2.78. The zero-order valence-electron chi connectivity index (χ0n) is 9.35. The fourth-order valence-corrected chi connectivity index (χ4v) is 2.67. The maximum Gasteiger partial charge on any atom is 0.144 e. The molecule has 0 aliphatic heterocycles. The van der Waals surface area contributed by atoms with Crippen LogP contribution in [0, 0.1) is 0 Å². The molecule has 0 spiro atoms. The van der Waals surface area contributed by atoms with Crippen molar-refractivity contribution in [3.63, 3.8) is 0 Å². The van der Waals surface area contributed by atoms with Crippen LogP contribution in [-0.2, 0) is 0 Å². The van der Waals surface area contributed by atoms with Crippen LogP contribution in [0.3, 0.4) is 0 Å². The summed E-state index contributed by atoms with van der Waals surface area (Å²) in [4.78, 5) is 4.16. The molecule has 0 unspecified atom stereocenters. The van der Waals surface area contributed by atoms with Gasteiger partial charge in [-0.05, 0) is 18.2 Å². The van der Waals surface area contributed by atoms with Crippen molar-refractivity contribution in [1.29, 1.82) is 0 Å². The number of benzene rings is 2. The number of fused-ring (bicyclic) bond motifs is 5. The van der Waals surface area contributed by atoms with Gasteiger partial charge in [-0.15, -0.1) is 0 Å². The summed E-state index contributed by atoms with van der Waals surface area (Å²) in [5.74, 6) is 0. The number of halogens is 1. The van der Waals surface area contributed by atoms with Crippen molar-refractivity contribution in [2.45, 2.75) is 0 Å². The molecule has 4 rings (SSSR count). The zero-order valence-corrected chi connectivity index (χ0v) is 10.1. The fourth-order valence-electron chi connectivity index (χ4n) is 2.40. The van der Waals surface area contributed by atoms with Crippen LogP contribution >= 0.6 is 11.6 Å². The summed E-state index contributed by atoms with van der Waals surface area (Å²) in [6.45, 7) is 0. The summed E-state index contributed by atoms with van der Waals surface area (Å²) < 4.78 is 5.92. The van der Waals surface area contributed by atoms with Gasteiger partial charge in [0.2, 0.25) is 0 Å². The fraction of sp³-hybridized carbons (Fsp3) is 0. The lowest BCUT2D eigenvalue weighted by Gasteiger charge is -2.00. The number of nitrogens with zero attached hydrogens (tertiary/aromatic N) is 1. The predicted molar refractivity (Wildman–Crippen MR) is 74.0 cm³/mol. The molecular weight excluding hydrogens is 246 g/mol. The van der Waals surface area contributed by atoms with E-state index < -0.39 is 0 Å². The smallest absolute Gasteiger partial charge is 0.144 e. The Bertz CT molecular complexity index is 895. The molecule has 2 nitrogen and oxygen atoms in total. The molecule has 0 saturated heterocycles. The van der Waals surface area contributed by atoms with Crippen LogP contribution in [0.25, 0.3) is 32.7 Å². The minimum Gasteiger partial charge on any atom is -0.455 e. The van der Waals surface area contributed by atoms with Crippen molar-refractivity contribution < 1.29 is 4.42 Å². The van der Waals surface area contributed by atoms with Gasteiger partial charge in [-0.25, -0.2) is 0 Å². The molecule has 0 atom stereocenters. The van der Waals surface area contributed by atoms with E-state index in [-0.39, 0.29) is 0 Å². The Morgan fingerprint density at radius 1 is 0.944 bits per heavy atom. The van der Waals surface area contributed by atoms with E-state index in [9.17, 15) is 0 Å². The van der Waals surface area contributed by atoms with Crippen molar-refractivity contribution in [1.82, 2.24) is 4.98 Å². The van der Waals surface area contributed by atoms with Gasteiger partial charge in [-0.2, -0.15) is 0 Å². The standard InChI is InChI=1S/C15H8ClNO/c16-13-7-11-10-3-1-2-4-14(10)18-15(11)12-8-17-6-5-9(12)13/h1-8H. The highest BCUT2D eigenvalue weighted by Gasteiger charge is 2.12. The molecule has 2 aromatic heterocycles.